The Balaban J connectivity index is 1.54. The molecule has 3 amide bonds. The summed E-state index contributed by atoms with van der Waals surface area (Å²) >= 11 is 12.2. The zero-order valence-electron chi connectivity index (χ0n) is 20.5. The van der Waals surface area contributed by atoms with Gasteiger partial charge in [-0.1, -0.05) is 29.3 Å². The number of nitrogens with zero attached hydrogens (tertiary/aromatic N) is 1. The van der Waals surface area contributed by atoms with E-state index in [2.05, 4.69) is 10.1 Å². The molecule has 10 nitrogen and oxygen atoms in total. The van der Waals surface area contributed by atoms with E-state index in [1.165, 1.54) is 39.5 Å². The molecule has 4 rings (SSSR count). The lowest BCUT2D eigenvalue weighted by molar-refractivity contribution is -0.123. The van der Waals surface area contributed by atoms with Gasteiger partial charge in [0.15, 0.2) is 11.5 Å². The van der Waals surface area contributed by atoms with Gasteiger partial charge in [-0.25, -0.2) is 9.59 Å². The van der Waals surface area contributed by atoms with Crippen molar-refractivity contribution in [2.75, 3.05) is 21.3 Å². The number of carbonyl (C=O) groups excluding carboxylic acids is 3. The number of nitrogens with one attached hydrogen (secondary N) is 1. The van der Waals surface area contributed by atoms with Crippen LogP contribution in [-0.2, 0) is 22.7 Å². The predicted octanol–water partition coefficient (Wildman–Crippen LogP) is 5.06. The Morgan fingerprint density at radius 2 is 1.74 bits per heavy atom. The van der Waals surface area contributed by atoms with Crippen molar-refractivity contribution < 1.29 is 37.7 Å². The second kappa shape index (κ2) is 11.5. The Hall–Kier alpha value is -4.15. The summed E-state index contributed by atoms with van der Waals surface area (Å²) in [4.78, 5) is 38.0. The van der Waals surface area contributed by atoms with E-state index in [9.17, 15) is 14.4 Å². The van der Waals surface area contributed by atoms with Crippen LogP contribution >= 0.6 is 23.2 Å². The minimum atomic E-state index is -0.666. The summed E-state index contributed by atoms with van der Waals surface area (Å²) in [7, 11) is 4.14. The number of hydrogen-bond donors (Lipinski definition) is 1. The highest BCUT2D eigenvalue weighted by Crippen LogP contribution is 2.40. The van der Waals surface area contributed by atoms with Crippen LogP contribution < -0.4 is 19.5 Å². The molecule has 198 valence electrons. The SMILES string of the molecule is COC(=O)c1ccc(CN2C(=O)N/C(=C\c3cc(OC)c(OCc4ccc(Cl)cc4Cl)c(OC)c3)C2=O)o1. The van der Waals surface area contributed by atoms with Gasteiger partial charge in [0.1, 0.15) is 18.1 Å². The molecule has 1 N–H and O–H groups in total. The van der Waals surface area contributed by atoms with Crippen LogP contribution in [0.2, 0.25) is 10.0 Å². The summed E-state index contributed by atoms with van der Waals surface area (Å²) < 4.78 is 26.9. The van der Waals surface area contributed by atoms with Crippen LogP contribution in [0, 0.1) is 0 Å². The van der Waals surface area contributed by atoms with Gasteiger partial charge >= 0.3 is 12.0 Å². The molecule has 0 aliphatic carbocycles. The predicted molar refractivity (Wildman–Crippen MR) is 137 cm³/mol. The van der Waals surface area contributed by atoms with E-state index in [-0.39, 0.29) is 30.4 Å². The van der Waals surface area contributed by atoms with Crippen molar-refractivity contribution in [3.05, 3.63) is 80.9 Å². The van der Waals surface area contributed by atoms with Crippen molar-refractivity contribution >= 4 is 47.2 Å². The highest BCUT2D eigenvalue weighted by Gasteiger charge is 2.34. The number of ether oxygens (including phenoxy) is 4. The maximum Gasteiger partial charge on any atom is 0.373 e. The molecule has 1 aliphatic rings. The van der Waals surface area contributed by atoms with E-state index in [0.29, 0.717) is 38.4 Å². The molecule has 38 heavy (non-hydrogen) atoms. The number of rotatable bonds is 9. The monoisotopic (exact) mass is 560 g/mol. The zero-order chi connectivity index (χ0) is 27.4. The Bertz CT molecular complexity index is 1410. The first-order valence-electron chi connectivity index (χ1n) is 11.1. The lowest BCUT2D eigenvalue weighted by atomic mass is 10.1. The number of carbonyl (C=O) groups is 3. The van der Waals surface area contributed by atoms with Crippen LogP contribution in [0.1, 0.15) is 27.4 Å². The van der Waals surface area contributed by atoms with Crippen molar-refractivity contribution in [3.8, 4) is 17.2 Å². The fraction of sp³-hybridized carbons (Fsp3) is 0.192. The largest absolute Gasteiger partial charge is 0.493 e. The Morgan fingerprint density at radius 3 is 2.37 bits per heavy atom. The maximum absolute atomic E-state index is 12.9. The van der Waals surface area contributed by atoms with Gasteiger partial charge in [-0.3, -0.25) is 9.69 Å². The molecular formula is C26H22Cl2N2O8. The highest BCUT2D eigenvalue weighted by atomic mass is 35.5. The fourth-order valence-corrected chi connectivity index (χ4v) is 4.09. The molecule has 12 heteroatoms. The van der Waals surface area contributed by atoms with Crippen LogP contribution in [-0.4, -0.2) is 44.1 Å². The minimum absolute atomic E-state index is 0.0282. The summed E-state index contributed by atoms with van der Waals surface area (Å²) in [6.07, 6.45) is 1.48. The Labute approximate surface area is 227 Å². The van der Waals surface area contributed by atoms with Gasteiger partial charge in [0.2, 0.25) is 11.5 Å². The molecule has 0 radical (unpaired) electrons. The summed E-state index contributed by atoms with van der Waals surface area (Å²) in [5, 5.41) is 3.50. The normalized spacial score (nSPS) is 14.0. The van der Waals surface area contributed by atoms with Gasteiger partial charge in [-0.2, -0.15) is 0 Å². The van der Waals surface area contributed by atoms with E-state index in [1.54, 1.807) is 30.3 Å². The average Bonchev–Trinajstić information content (AvgIpc) is 3.48. The molecule has 0 unspecified atom stereocenters. The second-order valence-electron chi connectivity index (χ2n) is 7.92. The van der Waals surface area contributed by atoms with Crippen molar-refractivity contribution in [1.29, 1.82) is 0 Å². The van der Waals surface area contributed by atoms with Gasteiger partial charge in [-0.15, -0.1) is 0 Å². The van der Waals surface area contributed by atoms with Crippen LogP contribution in [0.25, 0.3) is 6.08 Å². The molecular weight excluding hydrogens is 539 g/mol. The van der Waals surface area contributed by atoms with Crippen LogP contribution in [0.15, 0.2) is 52.6 Å². The number of benzene rings is 2. The van der Waals surface area contributed by atoms with Crippen molar-refractivity contribution in [2.24, 2.45) is 0 Å². The number of urea groups is 1. The third-order valence-corrected chi connectivity index (χ3v) is 6.09. The fourth-order valence-electron chi connectivity index (χ4n) is 3.63. The molecule has 3 aromatic rings. The zero-order valence-corrected chi connectivity index (χ0v) is 22.0. The average molecular weight is 561 g/mol. The summed E-state index contributed by atoms with van der Waals surface area (Å²) in [5.74, 6) is -0.0549. The first kappa shape index (κ1) is 26.9. The molecule has 0 saturated carbocycles. The highest BCUT2D eigenvalue weighted by molar-refractivity contribution is 6.35. The third kappa shape index (κ3) is 5.71. The number of methoxy groups -OCH3 is 3. The molecule has 2 heterocycles. The van der Waals surface area contributed by atoms with Crippen LogP contribution in [0.4, 0.5) is 4.79 Å². The molecule has 1 fully saturated rings. The molecule has 0 atom stereocenters. The van der Waals surface area contributed by atoms with E-state index in [4.69, 9.17) is 41.8 Å². The third-order valence-electron chi connectivity index (χ3n) is 5.51. The number of esters is 1. The first-order valence-corrected chi connectivity index (χ1v) is 11.8. The van der Waals surface area contributed by atoms with Crippen LogP contribution in [0.3, 0.4) is 0 Å². The van der Waals surface area contributed by atoms with E-state index in [1.807, 2.05) is 0 Å². The van der Waals surface area contributed by atoms with Crippen molar-refractivity contribution in [1.82, 2.24) is 10.2 Å². The van der Waals surface area contributed by atoms with E-state index >= 15 is 0 Å². The number of hydrogen-bond acceptors (Lipinski definition) is 8. The standard InChI is InChI=1S/C26H22Cl2N2O8/c1-34-21-9-14(10-22(35-2)23(21)37-13-15-4-5-16(27)11-18(15)28)8-19-24(31)30(26(33)29-19)12-17-6-7-20(38-17)25(32)36-3/h4-11H,12-13H2,1-3H3,(H,29,33)/b19-8-. The van der Waals surface area contributed by atoms with Gasteiger partial charge in [0, 0.05) is 15.6 Å². The lowest BCUT2D eigenvalue weighted by Gasteiger charge is -2.16. The van der Waals surface area contributed by atoms with Gasteiger partial charge < -0.3 is 28.7 Å². The molecule has 1 saturated heterocycles. The van der Waals surface area contributed by atoms with Crippen molar-refractivity contribution in [3.63, 3.8) is 0 Å². The maximum atomic E-state index is 12.9. The Kier molecular flexibility index (Phi) is 8.13. The van der Waals surface area contributed by atoms with E-state index in [0.717, 1.165) is 4.90 Å². The number of amides is 3. The number of halogens is 2. The lowest BCUT2D eigenvalue weighted by Crippen LogP contribution is -2.30. The van der Waals surface area contributed by atoms with E-state index < -0.39 is 17.9 Å². The summed E-state index contributed by atoms with van der Waals surface area (Å²) in [6.45, 7) is -0.0528. The van der Waals surface area contributed by atoms with Crippen molar-refractivity contribution in [2.45, 2.75) is 13.2 Å². The second-order valence-corrected chi connectivity index (χ2v) is 8.76. The summed E-state index contributed by atoms with van der Waals surface area (Å²) in [6, 6.07) is 10.6. The topological polar surface area (TPSA) is 117 Å². The Morgan fingerprint density at radius 1 is 1.03 bits per heavy atom. The number of imide groups is 1. The van der Waals surface area contributed by atoms with Gasteiger partial charge in [0.25, 0.3) is 5.91 Å². The number of furan rings is 1. The molecule has 1 aliphatic heterocycles. The quantitative estimate of drug-likeness (QED) is 0.219. The van der Waals surface area contributed by atoms with Gasteiger partial charge in [-0.05, 0) is 48.0 Å². The smallest absolute Gasteiger partial charge is 0.373 e. The first-order chi connectivity index (χ1) is 18.2. The molecule has 1 aromatic heterocycles. The molecule has 2 aromatic carbocycles. The molecule has 0 spiro atoms. The minimum Gasteiger partial charge on any atom is -0.493 e. The van der Waals surface area contributed by atoms with Gasteiger partial charge in [0.05, 0.1) is 27.9 Å². The molecule has 0 bridgehead atoms. The summed E-state index contributed by atoms with van der Waals surface area (Å²) in [5.41, 5.74) is 1.24. The van der Waals surface area contributed by atoms with Crippen LogP contribution in [0.5, 0.6) is 17.2 Å².